The summed E-state index contributed by atoms with van der Waals surface area (Å²) in [4.78, 5) is 12.1. The van der Waals surface area contributed by atoms with Crippen molar-refractivity contribution >= 4 is 49.7 Å². The molecule has 22 heavy (non-hydrogen) atoms. The summed E-state index contributed by atoms with van der Waals surface area (Å²) in [5, 5.41) is 7.67. The summed E-state index contributed by atoms with van der Waals surface area (Å²) in [6.45, 7) is 0. The summed E-state index contributed by atoms with van der Waals surface area (Å²) < 4.78 is 6.11. The Morgan fingerprint density at radius 2 is 1.82 bits per heavy atom. The van der Waals surface area contributed by atoms with Gasteiger partial charge in [0.25, 0.3) is 0 Å². The summed E-state index contributed by atoms with van der Waals surface area (Å²) in [5.74, 6) is 0.735. The van der Waals surface area contributed by atoms with E-state index in [9.17, 15) is 4.79 Å². The summed E-state index contributed by atoms with van der Waals surface area (Å²) in [5.41, 5.74) is 0.676. The van der Waals surface area contributed by atoms with Crippen LogP contribution in [0.4, 0.5) is 15.5 Å². The van der Waals surface area contributed by atoms with E-state index in [0.29, 0.717) is 15.7 Å². The molecule has 1 aromatic heterocycles. The Hall–Kier alpha value is -2.24. The standard InChI is InChI=1S/C16H13ClN2O2S/c1-21-11-8-6-10(7-9-11)18-16(20)19-15-14(17)12-4-2-3-5-13(12)22-15/h2-9H,1H3,(H2,18,19,20). The van der Waals surface area contributed by atoms with Gasteiger partial charge in [0.1, 0.15) is 10.8 Å². The number of benzene rings is 2. The van der Waals surface area contributed by atoms with E-state index in [1.165, 1.54) is 11.3 Å². The second kappa shape index (κ2) is 6.25. The molecule has 0 spiro atoms. The molecule has 0 aliphatic carbocycles. The lowest BCUT2D eigenvalue weighted by Crippen LogP contribution is -2.18. The summed E-state index contributed by atoms with van der Waals surface area (Å²) in [6, 6.07) is 14.5. The Labute approximate surface area is 136 Å². The topological polar surface area (TPSA) is 50.4 Å². The van der Waals surface area contributed by atoms with Crippen LogP contribution in [0, 0.1) is 0 Å². The highest BCUT2D eigenvalue weighted by Crippen LogP contribution is 2.39. The number of methoxy groups -OCH3 is 1. The maximum atomic E-state index is 12.1. The van der Waals surface area contributed by atoms with Gasteiger partial charge in [-0.15, -0.1) is 11.3 Å². The molecule has 2 amide bonds. The maximum absolute atomic E-state index is 12.1. The monoisotopic (exact) mass is 332 g/mol. The van der Waals surface area contributed by atoms with Crippen molar-refractivity contribution in [3.63, 3.8) is 0 Å². The van der Waals surface area contributed by atoms with E-state index in [2.05, 4.69) is 10.6 Å². The van der Waals surface area contributed by atoms with E-state index in [1.807, 2.05) is 24.3 Å². The van der Waals surface area contributed by atoms with Crippen molar-refractivity contribution in [1.82, 2.24) is 0 Å². The summed E-state index contributed by atoms with van der Waals surface area (Å²) >= 11 is 7.74. The normalized spacial score (nSPS) is 10.5. The Kier molecular flexibility index (Phi) is 4.18. The number of halogens is 1. The minimum Gasteiger partial charge on any atom is -0.497 e. The molecule has 2 N–H and O–H groups in total. The van der Waals surface area contributed by atoms with Crippen LogP contribution in [0.2, 0.25) is 5.02 Å². The molecule has 0 atom stereocenters. The molecule has 0 unspecified atom stereocenters. The first-order valence-corrected chi connectivity index (χ1v) is 7.76. The average molecular weight is 333 g/mol. The van der Waals surface area contributed by atoms with Crippen LogP contribution in [0.1, 0.15) is 0 Å². The number of amides is 2. The molecule has 0 saturated heterocycles. The molecule has 0 radical (unpaired) electrons. The number of rotatable bonds is 3. The highest BCUT2D eigenvalue weighted by Gasteiger charge is 2.12. The van der Waals surface area contributed by atoms with Gasteiger partial charge in [0.2, 0.25) is 0 Å². The zero-order valence-electron chi connectivity index (χ0n) is 11.7. The quantitative estimate of drug-likeness (QED) is 0.692. The highest BCUT2D eigenvalue weighted by molar-refractivity contribution is 7.23. The van der Waals surface area contributed by atoms with Crippen LogP contribution >= 0.6 is 22.9 Å². The molecule has 3 aromatic rings. The smallest absolute Gasteiger partial charge is 0.324 e. The zero-order chi connectivity index (χ0) is 15.5. The van der Waals surface area contributed by atoms with Crippen LogP contribution in [0.5, 0.6) is 5.75 Å². The fourth-order valence-electron chi connectivity index (χ4n) is 2.03. The fraction of sp³-hybridized carbons (Fsp3) is 0.0625. The first-order valence-electron chi connectivity index (χ1n) is 6.56. The van der Waals surface area contributed by atoms with Crippen molar-refractivity contribution < 1.29 is 9.53 Å². The molecule has 0 fully saturated rings. The van der Waals surface area contributed by atoms with E-state index < -0.39 is 0 Å². The van der Waals surface area contributed by atoms with Crippen LogP contribution in [-0.4, -0.2) is 13.1 Å². The number of nitrogens with one attached hydrogen (secondary N) is 2. The lowest BCUT2D eigenvalue weighted by atomic mass is 10.3. The number of thiophene rings is 1. The minimum atomic E-state index is -0.335. The van der Waals surface area contributed by atoms with Gasteiger partial charge in [-0.25, -0.2) is 4.79 Å². The third-order valence-electron chi connectivity index (χ3n) is 3.11. The number of carbonyl (C=O) groups excluding carboxylic acids is 1. The van der Waals surface area contributed by atoms with Gasteiger partial charge in [-0.05, 0) is 30.3 Å². The lowest BCUT2D eigenvalue weighted by Gasteiger charge is -2.07. The number of anilines is 2. The van der Waals surface area contributed by atoms with E-state index in [0.717, 1.165) is 15.8 Å². The van der Waals surface area contributed by atoms with E-state index >= 15 is 0 Å². The minimum absolute atomic E-state index is 0.335. The Balaban J connectivity index is 1.73. The molecule has 2 aromatic carbocycles. The van der Waals surface area contributed by atoms with E-state index in [-0.39, 0.29) is 6.03 Å². The molecule has 0 bridgehead atoms. The number of hydrogen-bond donors (Lipinski definition) is 2. The summed E-state index contributed by atoms with van der Waals surface area (Å²) in [6.07, 6.45) is 0. The average Bonchev–Trinajstić information content (AvgIpc) is 2.84. The van der Waals surface area contributed by atoms with Gasteiger partial charge in [-0.2, -0.15) is 0 Å². The number of urea groups is 1. The van der Waals surface area contributed by atoms with Crippen molar-refractivity contribution in [2.45, 2.75) is 0 Å². The number of hydrogen-bond acceptors (Lipinski definition) is 3. The molecule has 0 aliphatic rings. The molecule has 1 heterocycles. The Bertz CT molecular complexity index is 815. The van der Waals surface area contributed by atoms with Crippen LogP contribution in [0.3, 0.4) is 0 Å². The van der Waals surface area contributed by atoms with Crippen LogP contribution < -0.4 is 15.4 Å². The molecular formula is C16H13ClN2O2S. The number of carbonyl (C=O) groups is 1. The molecule has 6 heteroatoms. The second-order valence-electron chi connectivity index (χ2n) is 4.55. The van der Waals surface area contributed by atoms with Crippen molar-refractivity contribution in [2.24, 2.45) is 0 Å². The van der Waals surface area contributed by atoms with E-state index in [4.69, 9.17) is 16.3 Å². The van der Waals surface area contributed by atoms with Gasteiger partial charge in [0.15, 0.2) is 0 Å². The molecular weight excluding hydrogens is 320 g/mol. The molecule has 4 nitrogen and oxygen atoms in total. The van der Waals surface area contributed by atoms with Crippen LogP contribution in [0.25, 0.3) is 10.1 Å². The molecule has 112 valence electrons. The van der Waals surface area contributed by atoms with Gasteiger partial charge in [-0.3, -0.25) is 5.32 Å². The highest BCUT2D eigenvalue weighted by atomic mass is 35.5. The van der Waals surface area contributed by atoms with Gasteiger partial charge >= 0.3 is 6.03 Å². The number of ether oxygens (including phenoxy) is 1. The van der Waals surface area contributed by atoms with Crippen molar-refractivity contribution in [3.8, 4) is 5.75 Å². The van der Waals surface area contributed by atoms with Crippen molar-refractivity contribution in [3.05, 3.63) is 53.6 Å². The first kappa shape index (κ1) is 14.7. The fourth-order valence-corrected chi connectivity index (χ4v) is 3.41. The third-order valence-corrected chi connectivity index (χ3v) is 4.70. The van der Waals surface area contributed by atoms with Gasteiger partial charge in [0, 0.05) is 15.8 Å². The second-order valence-corrected chi connectivity index (χ2v) is 5.98. The molecule has 0 saturated carbocycles. The molecule has 3 rings (SSSR count). The molecule has 0 aliphatic heterocycles. The Morgan fingerprint density at radius 3 is 2.50 bits per heavy atom. The SMILES string of the molecule is COc1ccc(NC(=O)Nc2sc3ccccc3c2Cl)cc1. The predicted octanol–water partition coefficient (Wildman–Crippen LogP) is 5.21. The van der Waals surface area contributed by atoms with Gasteiger partial charge in [-0.1, -0.05) is 29.8 Å². The predicted molar refractivity (Wildman–Crippen MR) is 92.5 cm³/mol. The largest absolute Gasteiger partial charge is 0.497 e. The van der Waals surface area contributed by atoms with Crippen molar-refractivity contribution in [2.75, 3.05) is 17.7 Å². The zero-order valence-corrected chi connectivity index (χ0v) is 13.3. The lowest BCUT2D eigenvalue weighted by molar-refractivity contribution is 0.262. The summed E-state index contributed by atoms with van der Waals surface area (Å²) in [7, 11) is 1.60. The first-order chi connectivity index (χ1) is 10.7. The van der Waals surface area contributed by atoms with Gasteiger partial charge in [0.05, 0.1) is 12.1 Å². The van der Waals surface area contributed by atoms with Crippen molar-refractivity contribution in [1.29, 1.82) is 0 Å². The van der Waals surface area contributed by atoms with Crippen LogP contribution in [0.15, 0.2) is 48.5 Å². The Morgan fingerprint density at radius 1 is 1.09 bits per heavy atom. The number of fused-ring (bicyclic) bond motifs is 1. The van der Waals surface area contributed by atoms with Gasteiger partial charge < -0.3 is 10.1 Å². The third kappa shape index (κ3) is 3.00. The van der Waals surface area contributed by atoms with Crippen LogP contribution in [-0.2, 0) is 0 Å². The van der Waals surface area contributed by atoms with E-state index in [1.54, 1.807) is 31.4 Å². The maximum Gasteiger partial charge on any atom is 0.324 e.